The van der Waals surface area contributed by atoms with Gasteiger partial charge in [-0.1, -0.05) is 11.6 Å². The number of nitrogens with one attached hydrogen (secondary N) is 1. The van der Waals surface area contributed by atoms with E-state index in [0.29, 0.717) is 10.7 Å². The molecule has 0 radical (unpaired) electrons. The zero-order valence-corrected chi connectivity index (χ0v) is 16.3. The highest BCUT2D eigenvalue weighted by molar-refractivity contribution is 6.30. The third-order valence-electron chi connectivity index (χ3n) is 4.32. The number of amides is 1. The van der Waals surface area contributed by atoms with E-state index in [4.69, 9.17) is 16.3 Å². The Bertz CT molecular complexity index is 1120. The Morgan fingerprint density at radius 1 is 1.07 bits per heavy atom. The van der Waals surface area contributed by atoms with Gasteiger partial charge in [0.25, 0.3) is 5.91 Å². The van der Waals surface area contributed by atoms with E-state index >= 15 is 0 Å². The summed E-state index contributed by atoms with van der Waals surface area (Å²) in [7, 11) is 1.61. The van der Waals surface area contributed by atoms with Crippen LogP contribution in [0.2, 0.25) is 5.02 Å². The number of aromatic nitrogens is 3. The van der Waals surface area contributed by atoms with Gasteiger partial charge in [-0.05, 0) is 66.7 Å². The van der Waals surface area contributed by atoms with Gasteiger partial charge in [-0.2, -0.15) is 5.10 Å². The molecule has 7 heteroatoms. The van der Waals surface area contributed by atoms with Crippen molar-refractivity contribution in [1.82, 2.24) is 14.8 Å². The van der Waals surface area contributed by atoms with Crippen LogP contribution in [0, 0.1) is 0 Å². The first-order chi connectivity index (χ1) is 14.1. The number of nitrogens with zero attached hydrogens (tertiary/aromatic N) is 3. The molecule has 0 unspecified atom stereocenters. The molecule has 0 aliphatic heterocycles. The molecule has 2 aromatic heterocycles. The van der Waals surface area contributed by atoms with Crippen LogP contribution in [0.4, 0.5) is 5.69 Å². The van der Waals surface area contributed by atoms with Gasteiger partial charge in [-0.25, -0.2) is 4.68 Å². The van der Waals surface area contributed by atoms with Crippen LogP contribution in [0.5, 0.6) is 5.75 Å². The standard InChI is InChI=1S/C22H17ClN4O2/c1-29-19-10-8-18(9-11-19)27-21(15-3-2-12-24-14-15)13-20(26-27)22(28)25-17-6-4-16(23)5-7-17/h2-14H,1H3,(H,25,28). The number of pyridine rings is 1. The second-order valence-electron chi connectivity index (χ2n) is 6.23. The summed E-state index contributed by atoms with van der Waals surface area (Å²) >= 11 is 5.90. The van der Waals surface area contributed by atoms with Crippen molar-refractivity contribution in [3.05, 3.63) is 89.8 Å². The molecule has 6 nitrogen and oxygen atoms in total. The lowest BCUT2D eigenvalue weighted by atomic mass is 10.2. The van der Waals surface area contributed by atoms with Gasteiger partial charge in [-0.3, -0.25) is 9.78 Å². The van der Waals surface area contributed by atoms with Gasteiger partial charge in [-0.15, -0.1) is 0 Å². The molecule has 0 spiro atoms. The van der Waals surface area contributed by atoms with Gasteiger partial charge in [0, 0.05) is 28.7 Å². The molecule has 29 heavy (non-hydrogen) atoms. The fourth-order valence-corrected chi connectivity index (χ4v) is 2.99. The lowest BCUT2D eigenvalue weighted by Gasteiger charge is -2.08. The highest BCUT2D eigenvalue weighted by Crippen LogP contribution is 2.25. The summed E-state index contributed by atoms with van der Waals surface area (Å²) in [5.41, 5.74) is 3.33. The van der Waals surface area contributed by atoms with Crippen LogP contribution >= 0.6 is 11.6 Å². The number of anilines is 1. The number of benzene rings is 2. The van der Waals surface area contributed by atoms with Crippen LogP contribution in [0.3, 0.4) is 0 Å². The van der Waals surface area contributed by atoms with Crippen LogP contribution in [0.15, 0.2) is 79.1 Å². The number of ether oxygens (including phenoxy) is 1. The van der Waals surface area contributed by atoms with Gasteiger partial charge in [0.05, 0.1) is 18.5 Å². The van der Waals surface area contributed by atoms with Crippen LogP contribution in [0.25, 0.3) is 16.9 Å². The summed E-state index contributed by atoms with van der Waals surface area (Å²) in [4.78, 5) is 17.0. The predicted molar refractivity (Wildman–Crippen MR) is 113 cm³/mol. The van der Waals surface area contributed by atoms with Crippen molar-refractivity contribution >= 4 is 23.2 Å². The largest absolute Gasteiger partial charge is 0.497 e. The fourth-order valence-electron chi connectivity index (χ4n) is 2.86. The average Bonchev–Trinajstić information content (AvgIpc) is 3.22. The first kappa shape index (κ1) is 18.7. The van der Waals surface area contributed by atoms with E-state index in [1.165, 1.54) is 0 Å². The van der Waals surface area contributed by atoms with Crippen molar-refractivity contribution in [1.29, 1.82) is 0 Å². The Morgan fingerprint density at radius 2 is 1.83 bits per heavy atom. The van der Waals surface area contributed by atoms with Crippen LogP contribution in [-0.2, 0) is 0 Å². The van der Waals surface area contributed by atoms with Crippen LogP contribution in [0.1, 0.15) is 10.5 Å². The second kappa shape index (κ2) is 8.16. The minimum absolute atomic E-state index is 0.287. The van der Waals surface area contributed by atoms with Crippen molar-refractivity contribution in [2.75, 3.05) is 12.4 Å². The minimum atomic E-state index is -0.315. The van der Waals surface area contributed by atoms with E-state index in [1.807, 2.05) is 36.4 Å². The smallest absolute Gasteiger partial charge is 0.276 e. The molecule has 2 heterocycles. The molecule has 4 aromatic rings. The number of hydrogen-bond donors (Lipinski definition) is 1. The maximum Gasteiger partial charge on any atom is 0.276 e. The van der Waals surface area contributed by atoms with Crippen molar-refractivity contribution in [2.24, 2.45) is 0 Å². The molecule has 0 aliphatic rings. The van der Waals surface area contributed by atoms with E-state index in [-0.39, 0.29) is 11.6 Å². The molecular weight excluding hydrogens is 388 g/mol. The van der Waals surface area contributed by atoms with E-state index in [0.717, 1.165) is 22.7 Å². The second-order valence-corrected chi connectivity index (χ2v) is 6.66. The highest BCUT2D eigenvalue weighted by atomic mass is 35.5. The number of rotatable bonds is 5. The summed E-state index contributed by atoms with van der Waals surface area (Å²) in [5.74, 6) is 0.425. The van der Waals surface area contributed by atoms with Crippen molar-refractivity contribution in [2.45, 2.75) is 0 Å². The lowest BCUT2D eigenvalue weighted by Crippen LogP contribution is -2.13. The van der Waals surface area contributed by atoms with Gasteiger partial charge >= 0.3 is 0 Å². The van der Waals surface area contributed by atoms with Crippen molar-refractivity contribution in [3.8, 4) is 22.7 Å². The minimum Gasteiger partial charge on any atom is -0.497 e. The molecule has 2 aromatic carbocycles. The molecule has 0 saturated carbocycles. The quantitative estimate of drug-likeness (QED) is 0.516. The SMILES string of the molecule is COc1ccc(-n2nc(C(=O)Nc3ccc(Cl)cc3)cc2-c2cccnc2)cc1. The first-order valence-electron chi connectivity index (χ1n) is 8.86. The topological polar surface area (TPSA) is 69.0 Å². The molecule has 1 N–H and O–H groups in total. The lowest BCUT2D eigenvalue weighted by molar-refractivity contribution is 0.102. The number of halogens is 1. The molecule has 144 valence electrons. The van der Waals surface area contributed by atoms with E-state index in [2.05, 4.69) is 15.4 Å². The Morgan fingerprint density at radius 3 is 2.48 bits per heavy atom. The number of carbonyl (C=O) groups excluding carboxylic acids is 1. The number of hydrogen-bond acceptors (Lipinski definition) is 4. The Labute approximate surface area is 172 Å². The van der Waals surface area contributed by atoms with Gasteiger partial charge < -0.3 is 10.1 Å². The number of carbonyl (C=O) groups is 1. The van der Waals surface area contributed by atoms with Crippen LogP contribution in [-0.4, -0.2) is 27.8 Å². The first-order valence-corrected chi connectivity index (χ1v) is 9.23. The Balaban J connectivity index is 1.72. The molecule has 0 atom stereocenters. The molecule has 0 saturated heterocycles. The van der Waals surface area contributed by atoms with Crippen molar-refractivity contribution < 1.29 is 9.53 Å². The summed E-state index contributed by atoms with van der Waals surface area (Å²) in [6.07, 6.45) is 3.43. The monoisotopic (exact) mass is 404 g/mol. The summed E-state index contributed by atoms with van der Waals surface area (Å²) < 4.78 is 6.94. The summed E-state index contributed by atoms with van der Waals surface area (Å²) in [5, 5.41) is 7.98. The Hall–Kier alpha value is -3.64. The molecular formula is C22H17ClN4O2. The molecule has 0 fully saturated rings. The fraction of sp³-hybridized carbons (Fsp3) is 0.0455. The van der Waals surface area contributed by atoms with Crippen LogP contribution < -0.4 is 10.1 Å². The maximum atomic E-state index is 12.8. The van der Waals surface area contributed by atoms with Crippen molar-refractivity contribution in [3.63, 3.8) is 0 Å². The zero-order chi connectivity index (χ0) is 20.2. The van der Waals surface area contributed by atoms with E-state index in [1.54, 1.807) is 54.5 Å². The summed E-state index contributed by atoms with van der Waals surface area (Å²) in [6, 6.07) is 19.9. The van der Waals surface area contributed by atoms with E-state index < -0.39 is 0 Å². The average molecular weight is 405 g/mol. The molecule has 1 amide bonds. The summed E-state index contributed by atoms with van der Waals surface area (Å²) in [6.45, 7) is 0. The third-order valence-corrected chi connectivity index (χ3v) is 4.57. The maximum absolute atomic E-state index is 12.8. The molecule has 0 bridgehead atoms. The predicted octanol–water partition coefficient (Wildman–Crippen LogP) is 4.85. The molecule has 4 rings (SSSR count). The highest BCUT2D eigenvalue weighted by Gasteiger charge is 2.17. The van der Waals surface area contributed by atoms with E-state index in [9.17, 15) is 4.79 Å². The van der Waals surface area contributed by atoms with Gasteiger partial charge in [0.1, 0.15) is 5.75 Å². The molecule has 0 aliphatic carbocycles. The van der Waals surface area contributed by atoms with Gasteiger partial charge in [0.15, 0.2) is 5.69 Å². The number of methoxy groups -OCH3 is 1. The Kier molecular flexibility index (Phi) is 5.27. The zero-order valence-electron chi connectivity index (χ0n) is 15.5. The normalized spacial score (nSPS) is 10.6. The third kappa shape index (κ3) is 4.12. The van der Waals surface area contributed by atoms with Gasteiger partial charge in [0.2, 0.25) is 0 Å².